The summed E-state index contributed by atoms with van der Waals surface area (Å²) in [4.78, 5) is 5.65. The van der Waals surface area contributed by atoms with Crippen molar-refractivity contribution < 1.29 is 5.21 Å². The molecular weight excluding hydrogens is 298 g/mol. The fourth-order valence-electron chi connectivity index (χ4n) is 3.37. The largest absolute Gasteiger partial charge is 0.428 e. The summed E-state index contributed by atoms with van der Waals surface area (Å²) in [6.07, 6.45) is 4.83. The summed E-state index contributed by atoms with van der Waals surface area (Å²) < 4.78 is 1.23. The molecule has 0 aliphatic heterocycles. The molecule has 0 saturated carbocycles. The van der Waals surface area contributed by atoms with Gasteiger partial charge in [0, 0.05) is 41.8 Å². The van der Waals surface area contributed by atoms with Gasteiger partial charge >= 0.3 is 0 Å². The van der Waals surface area contributed by atoms with Crippen LogP contribution in [0.25, 0.3) is 21.8 Å². The Hall–Kier alpha value is -2.72. The minimum Gasteiger partial charge on any atom is -0.428 e. The molecule has 4 aromatic rings. The number of hydrogen-bond acceptors (Lipinski definition) is 2. The van der Waals surface area contributed by atoms with Crippen molar-refractivity contribution in [2.24, 2.45) is 0 Å². The summed E-state index contributed by atoms with van der Waals surface area (Å²) in [7, 11) is 2.14. The lowest BCUT2D eigenvalue weighted by Gasteiger charge is -2.15. The Morgan fingerprint density at radius 3 is 2.62 bits per heavy atom. The summed E-state index contributed by atoms with van der Waals surface area (Å²) >= 11 is 0. The number of aromatic amines is 1. The Morgan fingerprint density at radius 1 is 1.00 bits per heavy atom. The van der Waals surface area contributed by atoms with Gasteiger partial charge in [-0.2, -0.15) is 4.73 Å². The molecule has 0 fully saturated rings. The highest BCUT2D eigenvalue weighted by molar-refractivity contribution is 5.84. The maximum atomic E-state index is 9.98. The Labute approximate surface area is 140 Å². The van der Waals surface area contributed by atoms with E-state index in [0.717, 1.165) is 30.4 Å². The second-order valence-corrected chi connectivity index (χ2v) is 6.36. The number of aromatic nitrogens is 2. The third kappa shape index (κ3) is 2.65. The molecule has 0 aliphatic carbocycles. The van der Waals surface area contributed by atoms with E-state index in [-0.39, 0.29) is 0 Å². The number of hydrogen-bond donors (Lipinski definition) is 2. The lowest BCUT2D eigenvalue weighted by atomic mass is 10.1. The fourth-order valence-corrected chi connectivity index (χ4v) is 3.37. The molecule has 4 nitrogen and oxygen atoms in total. The van der Waals surface area contributed by atoms with E-state index >= 15 is 0 Å². The molecule has 0 amide bonds. The minimum absolute atomic E-state index is 0.867. The van der Waals surface area contributed by atoms with Gasteiger partial charge in [0.1, 0.15) is 0 Å². The van der Waals surface area contributed by atoms with E-state index in [1.807, 2.05) is 24.4 Å². The predicted molar refractivity (Wildman–Crippen MR) is 97.5 cm³/mol. The third-order valence-electron chi connectivity index (χ3n) is 4.65. The molecule has 0 aliphatic rings. The van der Waals surface area contributed by atoms with Gasteiger partial charge in [0.2, 0.25) is 0 Å². The first kappa shape index (κ1) is 14.8. The monoisotopic (exact) mass is 319 g/mol. The van der Waals surface area contributed by atoms with Crippen molar-refractivity contribution >= 4 is 21.8 Å². The molecule has 2 aromatic heterocycles. The van der Waals surface area contributed by atoms with Crippen LogP contribution in [-0.2, 0) is 13.0 Å². The summed E-state index contributed by atoms with van der Waals surface area (Å²) in [5.74, 6) is 0. The Bertz CT molecular complexity index is 983. The molecule has 0 spiro atoms. The van der Waals surface area contributed by atoms with Crippen LogP contribution < -0.4 is 0 Å². The second kappa shape index (κ2) is 6.06. The quantitative estimate of drug-likeness (QED) is 0.545. The normalized spacial score (nSPS) is 11.8. The molecule has 0 atom stereocenters. The fraction of sp³-hybridized carbons (Fsp3) is 0.200. The van der Waals surface area contributed by atoms with Gasteiger partial charge in [-0.15, -0.1) is 0 Å². The Kier molecular flexibility index (Phi) is 3.75. The molecule has 2 aromatic carbocycles. The molecule has 0 saturated heterocycles. The molecular formula is C20H21N3O. The van der Waals surface area contributed by atoms with Crippen molar-refractivity contribution in [2.75, 3.05) is 13.6 Å². The molecule has 122 valence electrons. The number of likely N-dealkylation sites (N-methyl/N-ethyl adjacent to an activating group) is 1. The van der Waals surface area contributed by atoms with Crippen molar-refractivity contribution in [3.05, 3.63) is 72.1 Å². The van der Waals surface area contributed by atoms with Crippen LogP contribution in [0.5, 0.6) is 0 Å². The van der Waals surface area contributed by atoms with Gasteiger partial charge in [-0.25, -0.2) is 0 Å². The number of fused-ring (bicyclic) bond motifs is 2. The van der Waals surface area contributed by atoms with Crippen LogP contribution >= 0.6 is 0 Å². The molecule has 2 heterocycles. The smallest absolute Gasteiger partial charge is 0.0868 e. The standard InChI is InChI=1S/C20H21N3O/c1-22(13-16-12-21-19-8-4-2-6-17(16)19)11-10-15-14-23(24)20-9-5-3-7-18(15)20/h2-9,12,14,21,24H,10-11,13H2,1H3. The van der Waals surface area contributed by atoms with Crippen molar-refractivity contribution in [2.45, 2.75) is 13.0 Å². The van der Waals surface area contributed by atoms with Gasteiger partial charge in [-0.1, -0.05) is 36.4 Å². The zero-order valence-corrected chi connectivity index (χ0v) is 13.7. The summed E-state index contributed by atoms with van der Waals surface area (Å²) in [6.45, 7) is 1.84. The number of rotatable bonds is 5. The van der Waals surface area contributed by atoms with Crippen LogP contribution in [0.15, 0.2) is 60.9 Å². The number of nitrogens with one attached hydrogen (secondary N) is 1. The summed E-state index contributed by atoms with van der Waals surface area (Å²) in [5.41, 5.74) is 4.55. The van der Waals surface area contributed by atoms with Crippen LogP contribution in [0, 0.1) is 0 Å². The highest BCUT2D eigenvalue weighted by Gasteiger charge is 2.10. The van der Waals surface area contributed by atoms with Crippen LogP contribution in [0.2, 0.25) is 0 Å². The lowest BCUT2D eigenvalue weighted by molar-refractivity contribution is 0.199. The maximum absolute atomic E-state index is 9.98. The van der Waals surface area contributed by atoms with Crippen molar-refractivity contribution in [1.82, 2.24) is 14.6 Å². The molecule has 0 radical (unpaired) electrons. The van der Waals surface area contributed by atoms with Gasteiger partial charge in [0.15, 0.2) is 0 Å². The molecule has 0 unspecified atom stereocenters. The zero-order valence-electron chi connectivity index (χ0n) is 13.7. The Balaban J connectivity index is 1.47. The van der Waals surface area contributed by atoms with Gasteiger partial charge in [-0.05, 0) is 36.7 Å². The van der Waals surface area contributed by atoms with Crippen molar-refractivity contribution in [3.63, 3.8) is 0 Å². The third-order valence-corrected chi connectivity index (χ3v) is 4.65. The average molecular weight is 319 g/mol. The Morgan fingerprint density at radius 2 is 1.75 bits per heavy atom. The molecule has 4 heteroatoms. The van der Waals surface area contributed by atoms with Crippen LogP contribution in [0.3, 0.4) is 0 Å². The van der Waals surface area contributed by atoms with Gasteiger partial charge in [0.05, 0.1) is 5.52 Å². The van der Waals surface area contributed by atoms with E-state index < -0.39 is 0 Å². The molecule has 0 bridgehead atoms. The number of benzene rings is 2. The molecule has 2 N–H and O–H groups in total. The van der Waals surface area contributed by atoms with Crippen molar-refractivity contribution in [1.29, 1.82) is 0 Å². The summed E-state index contributed by atoms with van der Waals surface area (Å²) in [6, 6.07) is 16.4. The highest BCUT2D eigenvalue weighted by atomic mass is 16.5. The zero-order chi connectivity index (χ0) is 16.5. The topological polar surface area (TPSA) is 44.2 Å². The van der Waals surface area contributed by atoms with E-state index in [2.05, 4.69) is 53.5 Å². The predicted octanol–water partition coefficient (Wildman–Crippen LogP) is 4.03. The van der Waals surface area contributed by atoms with Crippen LogP contribution in [0.1, 0.15) is 11.1 Å². The van der Waals surface area contributed by atoms with Gasteiger partial charge in [0.25, 0.3) is 0 Å². The first-order valence-electron chi connectivity index (χ1n) is 8.24. The summed E-state index contributed by atoms with van der Waals surface area (Å²) in [5, 5.41) is 12.4. The maximum Gasteiger partial charge on any atom is 0.0868 e. The molecule has 24 heavy (non-hydrogen) atoms. The first-order valence-corrected chi connectivity index (χ1v) is 8.24. The lowest BCUT2D eigenvalue weighted by Crippen LogP contribution is -2.20. The number of para-hydroxylation sites is 2. The van der Waals surface area contributed by atoms with Crippen LogP contribution in [0.4, 0.5) is 0 Å². The number of nitrogens with zero attached hydrogens (tertiary/aromatic N) is 2. The van der Waals surface area contributed by atoms with E-state index in [9.17, 15) is 5.21 Å². The SMILES string of the molecule is CN(CCc1cn(O)c2ccccc12)Cc1c[nH]c2ccccc12. The highest BCUT2D eigenvalue weighted by Crippen LogP contribution is 2.22. The minimum atomic E-state index is 0.867. The van der Waals surface area contributed by atoms with E-state index in [4.69, 9.17) is 0 Å². The van der Waals surface area contributed by atoms with E-state index in [0.29, 0.717) is 0 Å². The average Bonchev–Trinajstić information content (AvgIpc) is 3.15. The van der Waals surface area contributed by atoms with Gasteiger partial charge < -0.3 is 15.1 Å². The first-order chi connectivity index (χ1) is 11.7. The van der Waals surface area contributed by atoms with E-state index in [1.165, 1.54) is 26.8 Å². The number of H-pyrrole nitrogens is 1. The van der Waals surface area contributed by atoms with Crippen LogP contribution in [-0.4, -0.2) is 33.4 Å². The van der Waals surface area contributed by atoms with Crippen molar-refractivity contribution in [3.8, 4) is 0 Å². The second-order valence-electron chi connectivity index (χ2n) is 6.36. The van der Waals surface area contributed by atoms with Gasteiger partial charge in [-0.3, -0.25) is 0 Å². The van der Waals surface area contributed by atoms with E-state index in [1.54, 1.807) is 0 Å². The molecule has 4 rings (SSSR count).